The number of nitrogens with one attached hydrogen (secondary N) is 2. The number of nitriles is 1. The number of hydrogen-bond donors (Lipinski definition) is 3. The predicted molar refractivity (Wildman–Crippen MR) is 74.2 cm³/mol. The van der Waals surface area contributed by atoms with E-state index in [-0.39, 0.29) is 5.91 Å². The van der Waals surface area contributed by atoms with Gasteiger partial charge in [-0.25, -0.2) is 0 Å². The van der Waals surface area contributed by atoms with Crippen LogP contribution < -0.4 is 11.1 Å². The number of carbonyl (C=O) groups excluding carboxylic acids is 1. The van der Waals surface area contributed by atoms with Crippen LogP contribution in [0.3, 0.4) is 0 Å². The molecule has 2 heterocycles. The molecule has 1 aliphatic rings. The van der Waals surface area contributed by atoms with Gasteiger partial charge in [0.15, 0.2) is 0 Å². The first-order valence-corrected chi connectivity index (χ1v) is 6.80. The summed E-state index contributed by atoms with van der Waals surface area (Å²) in [5, 5.41) is 12.7. The van der Waals surface area contributed by atoms with Crippen LogP contribution in [-0.2, 0) is 12.8 Å². The first-order chi connectivity index (χ1) is 9.19. The number of carbonyl (C=O) groups is 1. The lowest BCUT2D eigenvalue weighted by Crippen LogP contribution is -2.12. The van der Waals surface area contributed by atoms with Crippen molar-refractivity contribution >= 4 is 27.9 Å². The molecule has 1 amide bonds. The summed E-state index contributed by atoms with van der Waals surface area (Å²) in [6, 6.07) is 3.77. The third-order valence-electron chi connectivity index (χ3n) is 3.21. The number of nitrogens with zero attached hydrogens (tertiary/aromatic N) is 1. The number of aromatic nitrogens is 1. The van der Waals surface area contributed by atoms with Gasteiger partial charge in [0, 0.05) is 16.8 Å². The number of aromatic amines is 1. The monoisotopic (exact) mass is 272 g/mol. The summed E-state index contributed by atoms with van der Waals surface area (Å²) >= 11 is 1.50. The molecule has 0 spiro atoms. The van der Waals surface area contributed by atoms with E-state index in [1.54, 1.807) is 12.3 Å². The van der Waals surface area contributed by atoms with E-state index in [0.29, 0.717) is 21.9 Å². The van der Waals surface area contributed by atoms with Crippen LogP contribution in [0.1, 0.15) is 32.9 Å². The molecule has 19 heavy (non-hydrogen) atoms. The fourth-order valence-electron chi connectivity index (χ4n) is 2.32. The van der Waals surface area contributed by atoms with E-state index in [9.17, 15) is 10.1 Å². The second-order valence-corrected chi connectivity index (χ2v) is 5.58. The summed E-state index contributed by atoms with van der Waals surface area (Å²) in [4.78, 5) is 16.0. The van der Waals surface area contributed by atoms with E-state index in [1.165, 1.54) is 16.2 Å². The van der Waals surface area contributed by atoms with Crippen molar-refractivity contribution in [2.45, 2.75) is 19.3 Å². The van der Waals surface area contributed by atoms with Crippen molar-refractivity contribution in [3.8, 4) is 6.07 Å². The van der Waals surface area contributed by atoms with Crippen LogP contribution in [-0.4, -0.2) is 10.9 Å². The van der Waals surface area contributed by atoms with Crippen molar-refractivity contribution in [1.29, 1.82) is 5.26 Å². The topological polar surface area (TPSA) is 94.7 Å². The molecule has 2 aromatic rings. The average Bonchev–Trinajstić information content (AvgIpc) is 3.04. The van der Waals surface area contributed by atoms with E-state index in [0.717, 1.165) is 24.8 Å². The molecule has 6 heteroatoms. The van der Waals surface area contributed by atoms with Crippen LogP contribution in [0.2, 0.25) is 0 Å². The molecular formula is C13H12N4OS. The van der Waals surface area contributed by atoms with Gasteiger partial charge in [-0.15, -0.1) is 11.3 Å². The summed E-state index contributed by atoms with van der Waals surface area (Å²) < 4.78 is 0. The van der Waals surface area contributed by atoms with Crippen molar-refractivity contribution < 1.29 is 4.79 Å². The lowest BCUT2D eigenvalue weighted by atomic mass is 10.1. The van der Waals surface area contributed by atoms with Crippen LogP contribution >= 0.6 is 11.3 Å². The molecule has 3 rings (SSSR count). The molecule has 0 aromatic carbocycles. The van der Waals surface area contributed by atoms with Gasteiger partial charge in [-0.2, -0.15) is 5.26 Å². The number of H-pyrrole nitrogens is 1. The standard InChI is InChI=1S/C13H12N4OS/c14-5-9-8-2-1-3-11(8)19-13(9)17-12(18)10-4-7(15)6-16-10/h4,6,16H,1-3,15H2,(H,17,18). The summed E-state index contributed by atoms with van der Waals surface area (Å²) in [7, 11) is 0. The van der Waals surface area contributed by atoms with Crippen LogP contribution in [0.4, 0.5) is 10.7 Å². The molecule has 0 radical (unpaired) electrons. The Labute approximate surface area is 114 Å². The second-order valence-electron chi connectivity index (χ2n) is 4.47. The maximum Gasteiger partial charge on any atom is 0.272 e. The largest absolute Gasteiger partial charge is 0.397 e. The van der Waals surface area contributed by atoms with E-state index in [1.807, 2.05) is 0 Å². The summed E-state index contributed by atoms with van der Waals surface area (Å²) in [6.07, 6.45) is 4.59. The Bertz CT molecular complexity index is 692. The highest BCUT2D eigenvalue weighted by Gasteiger charge is 2.23. The molecule has 0 unspecified atom stereocenters. The molecule has 2 aromatic heterocycles. The molecule has 1 aliphatic carbocycles. The first-order valence-electron chi connectivity index (χ1n) is 5.99. The van der Waals surface area contributed by atoms with Crippen LogP contribution in [0, 0.1) is 11.3 Å². The van der Waals surface area contributed by atoms with Crippen LogP contribution in [0.5, 0.6) is 0 Å². The zero-order valence-corrected chi connectivity index (χ0v) is 10.9. The second kappa shape index (κ2) is 4.44. The quantitative estimate of drug-likeness (QED) is 0.782. The number of rotatable bonds is 2. The normalized spacial score (nSPS) is 13.0. The fourth-order valence-corrected chi connectivity index (χ4v) is 3.56. The molecule has 0 saturated heterocycles. The van der Waals surface area contributed by atoms with Gasteiger partial charge in [-0.1, -0.05) is 0 Å². The Morgan fingerprint density at radius 3 is 3.05 bits per heavy atom. The zero-order valence-electron chi connectivity index (χ0n) is 10.1. The molecule has 5 nitrogen and oxygen atoms in total. The molecule has 96 valence electrons. The van der Waals surface area contributed by atoms with Crippen molar-refractivity contribution in [1.82, 2.24) is 4.98 Å². The third-order valence-corrected chi connectivity index (χ3v) is 4.42. The Morgan fingerprint density at radius 1 is 1.53 bits per heavy atom. The summed E-state index contributed by atoms with van der Waals surface area (Å²) in [6.45, 7) is 0. The maximum atomic E-state index is 12.0. The molecule has 0 saturated carbocycles. The van der Waals surface area contributed by atoms with E-state index in [4.69, 9.17) is 5.73 Å². The molecule has 0 fully saturated rings. The highest BCUT2D eigenvalue weighted by atomic mass is 32.1. The van der Waals surface area contributed by atoms with Gasteiger partial charge >= 0.3 is 0 Å². The van der Waals surface area contributed by atoms with E-state index in [2.05, 4.69) is 16.4 Å². The highest BCUT2D eigenvalue weighted by Crippen LogP contribution is 2.38. The predicted octanol–water partition coefficient (Wildman–Crippen LogP) is 2.27. The van der Waals surface area contributed by atoms with Gasteiger partial charge in [-0.05, 0) is 30.9 Å². The maximum absolute atomic E-state index is 12.0. The van der Waals surface area contributed by atoms with Gasteiger partial charge in [0.2, 0.25) is 0 Å². The van der Waals surface area contributed by atoms with Crippen molar-refractivity contribution in [3.63, 3.8) is 0 Å². The van der Waals surface area contributed by atoms with Gasteiger partial charge in [0.1, 0.15) is 16.8 Å². The number of amides is 1. The fraction of sp³-hybridized carbons (Fsp3) is 0.231. The van der Waals surface area contributed by atoms with Gasteiger partial charge < -0.3 is 16.0 Å². The molecule has 0 aliphatic heterocycles. The molecule has 0 bridgehead atoms. The Balaban J connectivity index is 1.88. The Kier molecular flexibility index (Phi) is 2.76. The minimum absolute atomic E-state index is 0.270. The number of anilines is 2. The SMILES string of the molecule is N#Cc1c(NC(=O)c2cc(N)c[nH]2)sc2c1CCC2. The minimum Gasteiger partial charge on any atom is -0.397 e. The van der Waals surface area contributed by atoms with Crippen LogP contribution in [0.25, 0.3) is 0 Å². The summed E-state index contributed by atoms with van der Waals surface area (Å²) in [5.74, 6) is -0.270. The number of aryl methyl sites for hydroxylation is 1. The minimum atomic E-state index is -0.270. The average molecular weight is 272 g/mol. The lowest BCUT2D eigenvalue weighted by molar-refractivity contribution is 0.102. The molecule has 0 atom stereocenters. The van der Waals surface area contributed by atoms with E-state index < -0.39 is 0 Å². The smallest absolute Gasteiger partial charge is 0.272 e. The number of nitrogens with two attached hydrogens (primary N) is 1. The van der Waals surface area contributed by atoms with Crippen LogP contribution in [0.15, 0.2) is 12.3 Å². The van der Waals surface area contributed by atoms with Crippen molar-refractivity contribution in [2.24, 2.45) is 0 Å². The Morgan fingerprint density at radius 2 is 2.37 bits per heavy atom. The molecular weight excluding hydrogens is 260 g/mol. The third kappa shape index (κ3) is 1.98. The lowest BCUT2D eigenvalue weighted by Gasteiger charge is -2.01. The van der Waals surface area contributed by atoms with Gasteiger partial charge in [0.25, 0.3) is 5.91 Å². The number of fused-ring (bicyclic) bond motifs is 1. The first kappa shape index (κ1) is 11.8. The van der Waals surface area contributed by atoms with Gasteiger partial charge in [-0.3, -0.25) is 4.79 Å². The summed E-state index contributed by atoms with van der Waals surface area (Å²) in [5.41, 5.74) is 8.20. The van der Waals surface area contributed by atoms with E-state index >= 15 is 0 Å². The van der Waals surface area contributed by atoms with Gasteiger partial charge in [0.05, 0.1) is 5.56 Å². The van der Waals surface area contributed by atoms with Crippen molar-refractivity contribution in [3.05, 3.63) is 34.0 Å². The number of thiophene rings is 1. The highest BCUT2D eigenvalue weighted by molar-refractivity contribution is 7.16. The molecule has 4 N–H and O–H groups in total. The zero-order chi connectivity index (χ0) is 13.4. The number of nitrogen functional groups attached to an aromatic ring is 1. The number of hydrogen-bond acceptors (Lipinski definition) is 4. The Hall–Kier alpha value is -2.26. The van der Waals surface area contributed by atoms with Crippen molar-refractivity contribution in [2.75, 3.05) is 11.1 Å².